The van der Waals surface area contributed by atoms with E-state index in [4.69, 9.17) is 11.6 Å². The topological polar surface area (TPSA) is 53.5 Å². The molecule has 0 bridgehead atoms. The van der Waals surface area contributed by atoms with Gasteiger partial charge in [-0.3, -0.25) is 0 Å². The van der Waals surface area contributed by atoms with Crippen molar-refractivity contribution in [2.24, 2.45) is 5.10 Å². The molecule has 2 N–H and O–H groups in total. The van der Waals surface area contributed by atoms with Crippen LogP contribution in [0.15, 0.2) is 29.4 Å². The zero-order valence-corrected chi connectivity index (χ0v) is 13.1. The summed E-state index contributed by atoms with van der Waals surface area (Å²) in [5.41, 5.74) is 4.34. The quantitative estimate of drug-likeness (QED) is 0.639. The molecule has 1 aliphatic rings. The van der Waals surface area contributed by atoms with Crippen molar-refractivity contribution in [2.45, 2.75) is 51.5 Å². The first-order chi connectivity index (χ1) is 10.2. The fraction of sp³-hybridized carbons (Fsp3) is 0.500. The number of urea groups is 1. The van der Waals surface area contributed by atoms with Crippen LogP contribution in [0.3, 0.4) is 0 Å². The van der Waals surface area contributed by atoms with E-state index in [2.05, 4.69) is 15.8 Å². The largest absolute Gasteiger partial charge is 0.335 e. The molecular formula is C16H22ClN3O. The van der Waals surface area contributed by atoms with E-state index in [1.54, 1.807) is 0 Å². The van der Waals surface area contributed by atoms with Gasteiger partial charge in [-0.1, -0.05) is 49.9 Å². The molecule has 0 aromatic heterocycles. The van der Waals surface area contributed by atoms with Crippen molar-refractivity contribution in [2.75, 3.05) is 0 Å². The van der Waals surface area contributed by atoms with Gasteiger partial charge in [0, 0.05) is 11.1 Å². The van der Waals surface area contributed by atoms with Crippen LogP contribution in [0.1, 0.15) is 51.0 Å². The van der Waals surface area contributed by atoms with Crippen LogP contribution in [0, 0.1) is 0 Å². The zero-order valence-electron chi connectivity index (χ0n) is 12.4. The number of amides is 2. The highest BCUT2D eigenvalue weighted by Crippen LogP contribution is 2.17. The average molecular weight is 308 g/mol. The molecule has 21 heavy (non-hydrogen) atoms. The van der Waals surface area contributed by atoms with E-state index < -0.39 is 0 Å². The van der Waals surface area contributed by atoms with Crippen LogP contribution in [0.2, 0.25) is 5.02 Å². The van der Waals surface area contributed by atoms with Gasteiger partial charge in [0.15, 0.2) is 0 Å². The van der Waals surface area contributed by atoms with Gasteiger partial charge in [0.05, 0.1) is 5.71 Å². The number of benzene rings is 1. The highest BCUT2D eigenvalue weighted by molar-refractivity contribution is 6.31. The van der Waals surface area contributed by atoms with E-state index in [1.165, 1.54) is 19.3 Å². The van der Waals surface area contributed by atoms with Crippen molar-refractivity contribution < 1.29 is 4.79 Å². The minimum absolute atomic E-state index is 0.227. The second-order valence-corrected chi connectivity index (χ2v) is 5.78. The molecule has 0 saturated heterocycles. The van der Waals surface area contributed by atoms with Crippen LogP contribution in [-0.2, 0) is 0 Å². The Morgan fingerprint density at radius 2 is 2.10 bits per heavy atom. The number of halogens is 1. The molecule has 0 atom stereocenters. The van der Waals surface area contributed by atoms with Crippen LogP contribution in [0.4, 0.5) is 4.79 Å². The molecule has 0 radical (unpaired) electrons. The molecule has 114 valence electrons. The van der Waals surface area contributed by atoms with E-state index in [1.807, 2.05) is 31.2 Å². The number of hydrazone groups is 1. The lowest BCUT2D eigenvalue weighted by Gasteiger charge is -2.22. The summed E-state index contributed by atoms with van der Waals surface area (Å²) in [6, 6.07) is 7.55. The maximum Gasteiger partial charge on any atom is 0.335 e. The summed E-state index contributed by atoms with van der Waals surface area (Å²) in [5.74, 6) is 0. The minimum Gasteiger partial charge on any atom is -0.334 e. The monoisotopic (exact) mass is 307 g/mol. The Kier molecular flexibility index (Phi) is 6.05. The zero-order chi connectivity index (χ0) is 15.1. The van der Waals surface area contributed by atoms with E-state index in [9.17, 15) is 4.79 Å². The lowest BCUT2D eigenvalue weighted by atomic mass is 9.96. The smallest absolute Gasteiger partial charge is 0.334 e. The second kappa shape index (κ2) is 8.03. The van der Waals surface area contributed by atoms with E-state index >= 15 is 0 Å². The number of hydrogen-bond acceptors (Lipinski definition) is 2. The maximum absolute atomic E-state index is 11.9. The third-order valence-corrected chi connectivity index (χ3v) is 3.96. The van der Waals surface area contributed by atoms with Crippen molar-refractivity contribution in [3.8, 4) is 0 Å². The Morgan fingerprint density at radius 3 is 2.76 bits per heavy atom. The van der Waals surface area contributed by atoms with Crippen molar-refractivity contribution >= 4 is 23.3 Å². The predicted molar refractivity (Wildman–Crippen MR) is 86.8 cm³/mol. The molecule has 4 nitrogen and oxygen atoms in total. The van der Waals surface area contributed by atoms with Gasteiger partial charge in [0.25, 0.3) is 0 Å². The fourth-order valence-electron chi connectivity index (χ4n) is 2.60. The minimum atomic E-state index is -0.227. The average Bonchev–Trinajstić information content (AvgIpc) is 2.49. The van der Waals surface area contributed by atoms with Gasteiger partial charge >= 0.3 is 6.03 Å². The summed E-state index contributed by atoms with van der Waals surface area (Å²) in [6.45, 7) is 2.00. The fourth-order valence-corrected chi connectivity index (χ4v) is 2.79. The van der Waals surface area contributed by atoms with E-state index in [-0.39, 0.29) is 12.1 Å². The van der Waals surface area contributed by atoms with Gasteiger partial charge in [0.2, 0.25) is 0 Å². The van der Waals surface area contributed by atoms with Crippen LogP contribution < -0.4 is 10.7 Å². The third-order valence-electron chi connectivity index (χ3n) is 3.73. The maximum atomic E-state index is 11.9. The molecule has 0 unspecified atom stereocenters. The van der Waals surface area contributed by atoms with Crippen molar-refractivity contribution in [3.63, 3.8) is 0 Å². The Hall–Kier alpha value is -1.55. The Labute approximate surface area is 131 Å². The second-order valence-electron chi connectivity index (χ2n) is 5.34. The molecule has 1 aliphatic carbocycles. The van der Waals surface area contributed by atoms with Gasteiger partial charge in [0.1, 0.15) is 0 Å². The van der Waals surface area contributed by atoms with Crippen LogP contribution >= 0.6 is 11.6 Å². The van der Waals surface area contributed by atoms with Crippen LogP contribution in [0.25, 0.3) is 0 Å². The first-order valence-corrected chi connectivity index (χ1v) is 7.96. The first-order valence-electron chi connectivity index (χ1n) is 7.58. The summed E-state index contributed by atoms with van der Waals surface area (Å²) in [7, 11) is 0. The van der Waals surface area contributed by atoms with Crippen molar-refractivity contribution in [1.29, 1.82) is 0 Å². The van der Waals surface area contributed by atoms with Gasteiger partial charge < -0.3 is 5.32 Å². The number of carbonyl (C=O) groups is 1. The molecule has 0 heterocycles. The van der Waals surface area contributed by atoms with E-state index in [0.29, 0.717) is 5.02 Å². The predicted octanol–water partition coefficient (Wildman–Crippen LogP) is 4.09. The molecule has 1 aromatic rings. The summed E-state index contributed by atoms with van der Waals surface area (Å²) >= 11 is 5.98. The molecular weight excluding hydrogens is 286 g/mol. The number of hydrogen-bond donors (Lipinski definition) is 2. The highest BCUT2D eigenvalue weighted by Gasteiger charge is 2.15. The van der Waals surface area contributed by atoms with Crippen LogP contribution in [-0.4, -0.2) is 17.8 Å². The SMILES string of the molecule is CCC(=NNC(=O)NC1CCCCC1)c1cccc(Cl)c1. The molecule has 1 fully saturated rings. The highest BCUT2D eigenvalue weighted by atomic mass is 35.5. The first kappa shape index (κ1) is 15.8. The molecule has 1 aromatic carbocycles. The number of carbonyl (C=O) groups excluding carboxylic acids is 1. The Bertz CT molecular complexity index is 510. The molecule has 5 heteroatoms. The lowest BCUT2D eigenvalue weighted by Crippen LogP contribution is -2.41. The lowest BCUT2D eigenvalue weighted by molar-refractivity contribution is 0.233. The standard InChI is InChI=1S/C16H22ClN3O/c1-2-15(12-7-6-8-13(17)11-12)19-20-16(21)18-14-9-4-3-5-10-14/h6-8,11,14H,2-5,9-10H2,1H3,(H2,18,20,21). The summed E-state index contributed by atoms with van der Waals surface area (Å²) in [6.07, 6.45) is 6.50. The van der Waals surface area contributed by atoms with E-state index in [0.717, 1.165) is 30.5 Å². The molecule has 0 aliphatic heterocycles. The summed E-state index contributed by atoms with van der Waals surface area (Å²) < 4.78 is 0. The van der Waals surface area contributed by atoms with Gasteiger partial charge in [-0.05, 0) is 37.0 Å². The number of rotatable bonds is 4. The third kappa shape index (κ3) is 5.05. The Balaban J connectivity index is 1.92. The molecule has 2 rings (SSSR count). The normalized spacial score (nSPS) is 16.6. The summed E-state index contributed by atoms with van der Waals surface area (Å²) in [5, 5.41) is 7.86. The van der Waals surface area contributed by atoms with Gasteiger partial charge in [-0.15, -0.1) is 0 Å². The number of nitrogens with zero attached hydrogens (tertiary/aromatic N) is 1. The van der Waals surface area contributed by atoms with Gasteiger partial charge in [-0.25, -0.2) is 10.2 Å². The molecule has 1 saturated carbocycles. The van der Waals surface area contributed by atoms with Gasteiger partial charge in [-0.2, -0.15) is 5.10 Å². The van der Waals surface area contributed by atoms with Crippen molar-refractivity contribution in [1.82, 2.24) is 10.7 Å². The number of nitrogens with one attached hydrogen (secondary N) is 2. The Morgan fingerprint density at radius 1 is 1.33 bits per heavy atom. The molecule has 0 spiro atoms. The van der Waals surface area contributed by atoms with Crippen LogP contribution in [0.5, 0.6) is 0 Å². The summed E-state index contributed by atoms with van der Waals surface area (Å²) in [4.78, 5) is 11.9. The molecule has 2 amide bonds. The van der Waals surface area contributed by atoms with Crippen molar-refractivity contribution in [3.05, 3.63) is 34.9 Å².